The van der Waals surface area contributed by atoms with Crippen LogP contribution in [0.5, 0.6) is 5.88 Å². The molecule has 32 heavy (non-hydrogen) atoms. The summed E-state index contributed by atoms with van der Waals surface area (Å²) in [6, 6.07) is 8.37. The van der Waals surface area contributed by atoms with Crippen LogP contribution in [0.2, 0.25) is 0 Å². The first kappa shape index (κ1) is 21.2. The van der Waals surface area contributed by atoms with E-state index in [2.05, 4.69) is 45.4 Å². The van der Waals surface area contributed by atoms with E-state index >= 15 is 0 Å². The molecule has 0 atom stereocenters. The van der Waals surface area contributed by atoms with Gasteiger partial charge in [-0.2, -0.15) is 0 Å². The lowest BCUT2D eigenvalue weighted by atomic mass is 9.87. The Kier molecular flexibility index (Phi) is 5.57. The van der Waals surface area contributed by atoms with Crippen LogP contribution in [0.3, 0.4) is 0 Å². The number of carboxylic acids is 1. The highest BCUT2D eigenvalue weighted by Crippen LogP contribution is 2.45. The minimum absolute atomic E-state index is 0.0299. The predicted molar refractivity (Wildman–Crippen MR) is 127 cm³/mol. The molecule has 5 rings (SSSR count). The zero-order valence-corrected chi connectivity index (χ0v) is 19.9. The normalized spacial score (nSPS) is 21.0. The number of aryl methyl sites for hydroxylation is 2. The van der Waals surface area contributed by atoms with Crippen molar-refractivity contribution in [3.63, 3.8) is 0 Å². The van der Waals surface area contributed by atoms with Crippen LogP contribution in [0.4, 0.5) is 11.5 Å². The van der Waals surface area contributed by atoms with Crippen molar-refractivity contribution in [2.75, 3.05) is 5.32 Å². The summed E-state index contributed by atoms with van der Waals surface area (Å²) in [5, 5.41) is 17.3. The summed E-state index contributed by atoms with van der Waals surface area (Å²) in [7, 11) is 1.88. The Balaban J connectivity index is 1.40. The molecule has 0 amide bonds. The fraction of sp³-hybridized carbons (Fsp3) is 0.458. The van der Waals surface area contributed by atoms with Crippen molar-refractivity contribution in [3.05, 3.63) is 39.9 Å². The van der Waals surface area contributed by atoms with Crippen molar-refractivity contribution in [3.8, 4) is 5.88 Å². The molecule has 3 aromatic rings. The van der Waals surface area contributed by atoms with Gasteiger partial charge in [0.2, 0.25) is 0 Å². The fourth-order valence-electron chi connectivity index (χ4n) is 4.52. The Labute approximate surface area is 195 Å². The standard InChI is InChI=1S/C24H27BrN4O3/c1-13-11-19(17(12-18(13)25)14-3-4-14)26-21-10-9-20-22(27-21)23(28-29(20)2)32-16-7-5-15(6-8-16)24(30)31/h9-12,14-16H,3-8H2,1-2H3,(H,26,27)(H,30,31). The monoisotopic (exact) mass is 498 g/mol. The van der Waals surface area contributed by atoms with Gasteiger partial charge in [-0.3, -0.25) is 9.48 Å². The first-order valence-electron chi connectivity index (χ1n) is 11.2. The number of benzene rings is 1. The van der Waals surface area contributed by atoms with Gasteiger partial charge in [-0.1, -0.05) is 15.9 Å². The molecule has 2 aliphatic carbocycles. The minimum atomic E-state index is -0.710. The van der Waals surface area contributed by atoms with E-state index in [4.69, 9.17) is 9.72 Å². The van der Waals surface area contributed by atoms with Crippen LogP contribution < -0.4 is 10.1 Å². The third kappa shape index (κ3) is 4.20. The number of hydrogen-bond acceptors (Lipinski definition) is 5. The quantitative estimate of drug-likeness (QED) is 0.454. The average molecular weight is 499 g/mol. The molecule has 0 bridgehead atoms. The summed E-state index contributed by atoms with van der Waals surface area (Å²) in [4.78, 5) is 16.1. The lowest BCUT2D eigenvalue weighted by Crippen LogP contribution is -2.28. The van der Waals surface area contributed by atoms with Gasteiger partial charge in [0, 0.05) is 17.2 Å². The molecule has 2 N–H and O–H groups in total. The minimum Gasteiger partial charge on any atom is -0.481 e. The van der Waals surface area contributed by atoms with Crippen LogP contribution in [-0.4, -0.2) is 31.9 Å². The number of ether oxygens (including phenoxy) is 1. The molecule has 2 saturated carbocycles. The number of halogens is 1. The van der Waals surface area contributed by atoms with E-state index in [1.165, 1.54) is 24.0 Å². The number of aliphatic carboxylic acids is 1. The highest BCUT2D eigenvalue weighted by Gasteiger charge is 2.29. The van der Waals surface area contributed by atoms with Gasteiger partial charge in [0.05, 0.1) is 11.4 Å². The van der Waals surface area contributed by atoms with Crippen LogP contribution in [0, 0.1) is 12.8 Å². The second-order valence-corrected chi connectivity index (χ2v) is 9.86. The zero-order chi connectivity index (χ0) is 22.4. The Hall–Kier alpha value is -2.61. The van der Waals surface area contributed by atoms with Gasteiger partial charge >= 0.3 is 5.97 Å². The Morgan fingerprint density at radius 2 is 1.94 bits per heavy atom. The molecule has 0 spiro atoms. The Morgan fingerprint density at radius 1 is 1.19 bits per heavy atom. The number of nitrogens with zero attached hydrogens (tertiary/aromatic N) is 3. The molecule has 0 saturated heterocycles. The predicted octanol–water partition coefficient (Wildman–Crippen LogP) is 5.68. The van der Waals surface area contributed by atoms with Crippen molar-refractivity contribution in [2.24, 2.45) is 13.0 Å². The van der Waals surface area contributed by atoms with Crippen LogP contribution in [0.25, 0.3) is 11.0 Å². The molecule has 7 nitrogen and oxygen atoms in total. The molecule has 2 heterocycles. The first-order chi connectivity index (χ1) is 15.4. The number of anilines is 2. The van der Waals surface area contributed by atoms with Gasteiger partial charge in [-0.25, -0.2) is 4.98 Å². The van der Waals surface area contributed by atoms with Crippen molar-refractivity contribution in [1.29, 1.82) is 0 Å². The fourth-order valence-corrected chi connectivity index (χ4v) is 4.88. The van der Waals surface area contributed by atoms with Crippen LogP contribution in [-0.2, 0) is 11.8 Å². The number of hydrogen-bond donors (Lipinski definition) is 2. The van der Waals surface area contributed by atoms with Crippen LogP contribution in [0.15, 0.2) is 28.7 Å². The molecule has 8 heteroatoms. The molecule has 0 radical (unpaired) electrons. The lowest BCUT2D eigenvalue weighted by Gasteiger charge is -2.25. The second-order valence-electron chi connectivity index (χ2n) is 9.01. The van der Waals surface area contributed by atoms with Crippen molar-refractivity contribution in [2.45, 2.75) is 57.5 Å². The van der Waals surface area contributed by atoms with Crippen molar-refractivity contribution < 1.29 is 14.6 Å². The number of carbonyl (C=O) groups is 1. The highest BCUT2D eigenvalue weighted by molar-refractivity contribution is 9.10. The maximum Gasteiger partial charge on any atom is 0.306 e. The van der Waals surface area contributed by atoms with Gasteiger partial charge in [0.15, 0.2) is 5.52 Å². The van der Waals surface area contributed by atoms with Crippen molar-refractivity contribution in [1.82, 2.24) is 14.8 Å². The van der Waals surface area contributed by atoms with Crippen molar-refractivity contribution >= 4 is 44.4 Å². The topological polar surface area (TPSA) is 89.3 Å². The van der Waals surface area contributed by atoms with Gasteiger partial charge < -0.3 is 15.2 Å². The second kappa shape index (κ2) is 8.39. The maximum absolute atomic E-state index is 11.2. The van der Waals surface area contributed by atoms with E-state index < -0.39 is 5.97 Å². The maximum atomic E-state index is 11.2. The molecule has 2 fully saturated rings. The smallest absolute Gasteiger partial charge is 0.306 e. The zero-order valence-electron chi connectivity index (χ0n) is 18.3. The van der Waals surface area contributed by atoms with E-state index in [9.17, 15) is 9.90 Å². The first-order valence-corrected chi connectivity index (χ1v) is 12.0. The van der Waals surface area contributed by atoms with Crippen LogP contribution >= 0.6 is 15.9 Å². The number of fused-ring (bicyclic) bond motifs is 1. The van der Waals surface area contributed by atoms with Crippen LogP contribution in [0.1, 0.15) is 55.6 Å². The van der Waals surface area contributed by atoms with E-state index in [1.807, 2.05) is 19.2 Å². The Bertz CT molecular complexity index is 1180. The molecule has 1 aromatic carbocycles. The summed E-state index contributed by atoms with van der Waals surface area (Å²) >= 11 is 3.66. The van der Waals surface area contributed by atoms with Gasteiger partial charge in [-0.05, 0) is 86.8 Å². The number of carboxylic acid groups (broad SMARTS) is 1. The molecular formula is C24H27BrN4O3. The molecule has 2 aliphatic rings. The molecular weight excluding hydrogens is 472 g/mol. The summed E-state index contributed by atoms with van der Waals surface area (Å²) in [6.45, 7) is 2.09. The van der Waals surface area contributed by atoms with Gasteiger partial charge in [-0.15, -0.1) is 5.10 Å². The summed E-state index contributed by atoms with van der Waals surface area (Å²) in [5.41, 5.74) is 5.22. The molecule has 2 aromatic heterocycles. The molecule has 0 aliphatic heterocycles. The third-order valence-electron chi connectivity index (χ3n) is 6.58. The third-order valence-corrected chi connectivity index (χ3v) is 7.43. The molecule has 168 valence electrons. The summed E-state index contributed by atoms with van der Waals surface area (Å²) in [6.07, 6.45) is 5.13. The van der Waals surface area contributed by atoms with E-state index in [0.717, 1.165) is 39.9 Å². The van der Waals surface area contributed by atoms with Gasteiger partial charge in [0.1, 0.15) is 11.9 Å². The lowest BCUT2D eigenvalue weighted by molar-refractivity contribution is -0.143. The van der Waals surface area contributed by atoms with E-state index in [0.29, 0.717) is 24.6 Å². The van der Waals surface area contributed by atoms with E-state index in [1.54, 1.807) is 4.68 Å². The van der Waals surface area contributed by atoms with Gasteiger partial charge in [0.25, 0.3) is 5.88 Å². The number of rotatable bonds is 6. The summed E-state index contributed by atoms with van der Waals surface area (Å²) < 4.78 is 9.12. The highest BCUT2D eigenvalue weighted by atomic mass is 79.9. The Morgan fingerprint density at radius 3 is 2.62 bits per heavy atom. The van der Waals surface area contributed by atoms with E-state index in [-0.39, 0.29) is 12.0 Å². The summed E-state index contributed by atoms with van der Waals surface area (Å²) in [5.74, 6) is 0.904. The molecule has 0 unspecified atom stereocenters. The SMILES string of the molecule is Cc1cc(Nc2ccc3c(n2)c(OC2CCC(C(=O)O)CC2)nn3C)c(C2CC2)cc1Br. The largest absolute Gasteiger partial charge is 0.481 e. The number of pyridine rings is 1. The average Bonchev–Trinajstić information content (AvgIpc) is 3.56. The number of nitrogens with one attached hydrogen (secondary N) is 1. The number of aromatic nitrogens is 3.